The molecule has 7 heteroatoms. The highest BCUT2D eigenvalue weighted by molar-refractivity contribution is 5.85. The Bertz CT molecular complexity index is 990. The van der Waals surface area contributed by atoms with Crippen LogP contribution in [0.3, 0.4) is 0 Å². The van der Waals surface area contributed by atoms with Crippen molar-refractivity contribution in [1.29, 1.82) is 0 Å². The highest BCUT2D eigenvalue weighted by atomic mass is 19.4. The fourth-order valence-electron chi connectivity index (χ4n) is 2.98. The van der Waals surface area contributed by atoms with Gasteiger partial charge in [0, 0.05) is 23.2 Å². The van der Waals surface area contributed by atoms with Crippen LogP contribution in [0.15, 0.2) is 30.5 Å². The van der Waals surface area contributed by atoms with Crippen molar-refractivity contribution in [3.63, 3.8) is 0 Å². The van der Waals surface area contributed by atoms with Crippen molar-refractivity contribution in [2.24, 2.45) is 0 Å². The zero-order valence-corrected chi connectivity index (χ0v) is 16.2. The predicted molar refractivity (Wildman–Crippen MR) is 101 cm³/mol. The third-order valence-electron chi connectivity index (χ3n) is 4.62. The summed E-state index contributed by atoms with van der Waals surface area (Å²) in [5, 5.41) is 0.642. The summed E-state index contributed by atoms with van der Waals surface area (Å²) in [6.07, 6.45) is -1.41. The largest absolute Gasteiger partial charge is 0.433 e. The monoisotopic (exact) mass is 394 g/mol. The van der Waals surface area contributed by atoms with Crippen LogP contribution in [0.5, 0.6) is 0 Å². The second-order valence-corrected chi connectivity index (χ2v) is 6.57. The van der Waals surface area contributed by atoms with E-state index in [2.05, 4.69) is 4.98 Å². The average molecular weight is 394 g/mol. The summed E-state index contributed by atoms with van der Waals surface area (Å²) in [6, 6.07) is 5.22. The molecule has 0 radical (unpaired) electrons. The Hall–Kier alpha value is -2.70. The molecule has 0 atom stereocenters. The Kier molecular flexibility index (Phi) is 6.59. The maximum atomic E-state index is 12.6. The molecule has 0 aliphatic carbocycles. The molecule has 0 aliphatic rings. The van der Waals surface area contributed by atoms with Gasteiger partial charge in [0.25, 0.3) is 0 Å². The summed E-state index contributed by atoms with van der Waals surface area (Å²) < 4.78 is 52.3. The Morgan fingerprint density at radius 3 is 2.36 bits per heavy atom. The first-order valence-corrected chi connectivity index (χ1v) is 8.84. The fraction of sp³-hybridized carbons (Fsp3) is 0.333. The molecule has 0 fully saturated rings. The van der Waals surface area contributed by atoms with E-state index in [1.165, 1.54) is 24.4 Å². The number of benzene rings is 1. The van der Waals surface area contributed by atoms with E-state index in [0.717, 1.165) is 42.1 Å². The van der Waals surface area contributed by atoms with Gasteiger partial charge in [0.05, 0.1) is 11.7 Å². The van der Waals surface area contributed by atoms with Gasteiger partial charge in [-0.05, 0) is 62.6 Å². The van der Waals surface area contributed by atoms with Crippen molar-refractivity contribution in [2.75, 3.05) is 0 Å². The zero-order valence-electron chi connectivity index (χ0n) is 16.2. The van der Waals surface area contributed by atoms with E-state index >= 15 is 0 Å². The third-order valence-corrected chi connectivity index (χ3v) is 4.62. The van der Waals surface area contributed by atoms with E-state index in [-0.39, 0.29) is 5.82 Å². The molecule has 0 spiro atoms. The number of pyridine rings is 1. The van der Waals surface area contributed by atoms with Crippen LogP contribution >= 0.6 is 0 Å². The van der Waals surface area contributed by atoms with Gasteiger partial charge >= 0.3 is 6.18 Å². The standard InChI is InChI=1S/C13H15F3N2.C8H7FO/c1-4-5-18-9(3)8(2)10-6-12(13(14,15)16)17-7-11(10)18;1-6-4-8(9)3-2-7(6)5-10/h6-7H,4-5H2,1-3H3;2-5H,1H3. The van der Waals surface area contributed by atoms with Crippen LogP contribution < -0.4 is 0 Å². The number of halogens is 4. The van der Waals surface area contributed by atoms with Crippen molar-refractivity contribution >= 4 is 17.2 Å². The number of fused-ring (bicyclic) bond motifs is 1. The lowest BCUT2D eigenvalue weighted by molar-refractivity contribution is -0.141. The first-order chi connectivity index (χ1) is 13.1. The summed E-state index contributed by atoms with van der Waals surface area (Å²) in [5.41, 5.74) is 3.07. The number of aldehydes is 1. The molecule has 3 aromatic rings. The van der Waals surface area contributed by atoms with Crippen molar-refractivity contribution in [3.05, 3.63) is 64.4 Å². The topological polar surface area (TPSA) is 34.9 Å². The number of alkyl halides is 3. The Balaban J connectivity index is 0.000000237. The van der Waals surface area contributed by atoms with E-state index in [1.54, 1.807) is 6.92 Å². The molecule has 28 heavy (non-hydrogen) atoms. The van der Waals surface area contributed by atoms with Gasteiger partial charge in [0.2, 0.25) is 0 Å². The molecule has 2 heterocycles. The van der Waals surface area contributed by atoms with Gasteiger partial charge in [0.1, 0.15) is 17.8 Å². The SMILES string of the molecule is CCCn1c(C)c(C)c2cc(C(F)(F)F)ncc21.Cc1cc(F)ccc1C=O. The van der Waals surface area contributed by atoms with Gasteiger partial charge in [-0.1, -0.05) is 6.92 Å². The number of carbonyl (C=O) groups excluding carboxylic acids is 1. The normalized spacial score (nSPS) is 11.3. The molecule has 0 N–H and O–H groups in total. The van der Waals surface area contributed by atoms with Crippen LogP contribution in [-0.4, -0.2) is 15.8 Å². The molecule has 2 aromatic heterocycles. The minimum atomic E-state index is -4.39. The number of carbonyl (C=O) groups is 1. The maximum absolute atomic E-state index is 12.6. The average Bonchev–Trinajstić information content (AvgIpc) is 2.87. The summed E-state index contributed by atoms with van der Waals surface area (Å²) >= 11 is 0. The lowest BCUT2D eigenvalue weighted by atomic mass is 10.1. The summed E-state index contributed by atoms with van der Waals surface area (Å²) in [5.74, 6) is -0.303. The van der Waals surface area contributed by atoms with Gasteiger partial charge in [0.15, 0.2) is 0 Å². The van der Waals surface area contributed by atoms with Crippen molar-refractivity contribution in [3.8, 4) is 0 Å². The number of hydrogen-bond acceptors (Lipinski definition) is 2. The molecule has 1 aromatic carbocycles. The predicted octanol–water partition coefficient (Wildman–Crippen LogP) is 6.03. The second-order valence-electron chi connectivity index (χ2n) is 6.57. The van der Waals surface area contributed by atoms with Gasteiger partial charge in [-0.2, -0.15) is 13.2 Å². The highest BCUT2D eigenvalue weighted by Gasteiger charge is 2.33. The maximum Gasteiger partial charge on any atom is 0.433 e. The lowest BCUT2D eigenvalue weighted by Crippen LogP contribution is -2.07. The first-order valence-electron chi connectivity index (χ1n) is 8.84. The van der Waals surface area contributed by atoms with Crippen LogP contribution in [0.1, 0.15) is 46.2 Å². The lowest BCUT2D eigenvalue weighted by Gasteiger charge is -2.07. The molecule has 0 saturated heterocycles. The molecule has 0 amide bonds. The molecule has 3 rings (SSSR count). The Morgan fingerprint density at radius 2 is 1.82 bits per heavy atom. The summed E-state index contributed by atoms with van der Waals surface area (Å²) in [6.45, 7) is 8.32. The van der Waals surface area contributed by atoms with E-state index in [4.69, 9.17) is 0 Å². The molecule has 0 saturated carbocycles. The molecular formula is C21H22F4N2O. The number of aromatic nitrogens is 2. The minimum Gasteiger partial charge on any atom is -0.343 e. The van der Waals surface area contributed by atoms with Crippen molar-refractivity contribution in [2.45, 2.75) is 46.8 Å². The van der Waals surface area contributed by atoms with Gasteiger partial charge in [-0.3, -0.25) is 4.79 Å². The molecule has 3 nitrogen and oxygen atoms in total. The van der Waals surface area contributed by atoms with Crippen LogP contribution in [-0.2, 0) is 12.7 Å². The molecule has 0 bridgehead atoms. The summed E-state index contributed by atoms with van der Waals surface area (Å²) in [4.78, 5) is 13.7. The van der Waals surface area contributed by atoms with Gasteiger partial charge in [-0.25, -0.2) is 9.37 Å². The van der Waals surface area contributed by atoms with Crippen LogP contribution in [0.4, 0.5) is 17.6 Å². The molecule has 150 valence electrons. The number of hydrogen-bond donors (Lipinski definition) is 0. The third kappa shape index (κ3) is 4.58. The molecule has 0 aliphatic heterocycles. The zero-order chi connectivity index (χ0) is 21.1. The Morgan fingerprint density at radius 1 is 1.14 bits per heavy atom. The van der Waals surface area contributed by atoms with Crippen molar-refractivity contribution in [1.82, 2.24) is 9.55 Å². The minimum absolute atomic E-state index is 0.303. The number of nitrogens with zero attached hydrogens (tertiary/aromatic N) is 2. The quantitative estimate of drug-likeness (QED) is 0.402. The highest BCUT2D eigenvalue weighted by Crippen LogP contribution is 2.32. The van der Waals surface area contributed by atoms with E-state index in [9.17, 15) is 22.4 Å². The second kappa shape index (κ2) is 8.54. The first kappa shape index (κ1) is 21.6. The fourth-order valence-corrected chi connectivity index (χ4v) is 2.98. The van der Waals surface area contributed by atoms with E-state index in [1.807, 2.05) is 25.3 Å². The Labute approximate surface area is 161 Å². The van der Waals surface area contributed by atoms with E-state index < -0.39 is 11.9 Å². The van der Waals surface area contributed by atoms with Gasteiger partial charge in [-0.15, -0.1) is 0 Å². The number of rotatable bonds is 3. The van der Waals surface area contributed by atoms with Crippen LogP contribution in [0.2, 0.25) is 0 Å². The number of aryl methyl sites for hydroxylation is 3. The van der Waals surface area contributed by atoms with E-state index in [0.29, 0.717) is 16.5 Å². The summed E-state index contributed by atoms with van der Waals surface area (Å²) in [7, 11) is 0. The smallest absolute Gasteiger partial charge is 0.343 e. The van der Waals surface area contributed by atoms with Crippen LogP contribution in [0.25, 0.3) is 10.9 Å². The molecule has 0 unspecified atom stereocenters. The van der Waals surface area contributed by atoms with Gasteiger partial charge < -0.3 is 4.57 Å². The van der Waals surface area contributed by atoms with Crippen LogP contribution in [0, 0.1) is 26.6 Å². The molecular weight excluding hydrogens is 372 g/mol. The van der Waals surface area contributed by atoms with Crippen molar-refractivity contribution < 1.29 is 22.4 Å².